The molecule has 168 valence electrons. The van der Waals surface area contributed by atoms with Gasteiger partial charge in [-0.05, 0) is 36.8 Å². The Balaban J connectivity index is 0.000000373. The number of amides is 1. The molecule has 4 rings (SSSR count). The van der Waals surface area contributed by atoms with Gasteiger partial charge in [-0.3, -0.25) is 4.79 Å². The minimum atomic E-state index is -5.19. The predicted octanol–water partition coefficient (Wildman–Crippen LogP) is 2.68. The minimum Gasteiger partial charge on any atom is -0.542 e. The van der Waals surface area contributed by atoms with E-state index < -0.39 is 12.1 Å². The van der Waals surface area contributed by atoms with Gasteiger partial charge in [-0.2, -0.15) is 13.2 Å². The number of alkyl halides is 3. The first-order valence-electron chi connectivity index (χ1n) is 9.14. The molecule has 1 aromatic heterocycles. The normalized spacial score (nSPS) is 19.3. The third-order valence-electron chi connectivity index (χ3n) is 5.25. The van der Waals surface area contributed by atoms with Crippen LogP contribution in [0.1, 0.15) is 43.9 Å². The quantitative estimate of drug-likeness (QED) is 0.673. The number of carbonyl (C=O) groups is 2. The van der Waals surface area contributed by atoms with Crippen LogP contribution in [0.5, 0.6) is 0 Å². The number of benzene rings is 1. The second-order valence-corrected chi connectivity index (χ2v) is 7.91. The lowest BCUT2D eigenvalue weighted by molar-refractivity contribution is -0.360. The number of aromatic amines is 1. The second kappa shape index (κ2) is 9.13. The predicted molar refractivity (Wildman–Crippen MR) is 109 cm³/mol. The van der Waals surface area contributed by atoms with E-state index in [0.717, 1.165) is 41.4 Å². The van der Waals surface area contributed by atoms with Crippen LogP contribution in [0.4, 0.5) is 18.9 Å². The highest BCUT2D eigenvalue weighted by Crippen LogP contribution is 2.46. The van der Waals surface area contributed by atoms with Crippen molar-refractivity contribution in [2.24, 2.45) is 11.7 Å². The molecule has 31 heavy (non-hydrogen) atoms. The van der Waals surface area contributed by atoms with Gasteiger partial charge in [-0.15, -0.1) is 0 Å². The number of rotatable bonds is 2. The lowest BCUT2D eigenvalue weighted by Crippen LogP contribution is -2.37. The highest BCUT2D eigenvalue weighted by Gasteiger charge is 2.36. The van der Waals surface area contributed by atoms with E-state index in [1.165, 1.54) is 11.3 Å². The molecule has 2 bridgehead atoms. The van der Waals surface area contributed by atoms with Gasteiger partial charge in [0, 0.05) is 29.5 Å². The number of nitrogens with two attached hydrogens (primary N) is 2. The van der Waals surface area contributed by atoms with Gasteiger partial charge in [0.15, 0.2) is 5.69 Å². The summed E-state index contributed by atoms with van der Waals surface area (Å²) in [6, 6.07) is 5.76. The lowest BCUT2D eigenvalue weighted by atomic mass is 9.70. The first-order valence-corrected chi connectivity index (χ1v) is 9.52. The van der Waals surface area contributed by atoms with Crippen LogP contribution in [0.15, 0.2) is 29.8 Å². The number of carboxylic acids is 1. The largest absolute Gasteiger partial charge is 0.542 e. The molecule has 2 aliphatic rings. The molecule has 2 aliphatic carbocycles. The fourth-order valence-electron chi connectivity index (χ4n) is 4.23. The molecule has 1 amide bonds. The number of carbonyl (C=O) groups excluding carboxylic acids is 2. The average molecular weight is 458 g/mol. The molecule has 5 N–H and O–H groups in total. The number of hydrogen-bond donors (Lipinski definition) is 2. The lowest BCUT2D eigenvalue weighted by Gasteiger charge is -2.33. The number of halogens is 4. The fraction of sp³-hybridized carbons (Fsp3) is 0.381. The maximum absolute atomic E-state index is 11.2. The molecule has 0 saturated carbocycles. The summed E-state index contributed by atoms with van der Waals surface area (Å²) >= 11 is 6.10. The summed E-state index contributed by atoms with van der Waals surface area (Å²) in [5.41, 5.74) is 17.3. The van der Waals surface area contributed by atoms with E-state index in [2.05, 4.69) is 11.1 Å². The van der Waals surface area contributed by atoms with Crippen molar-refractivity contribution in [2.75, 3.05) is 5.73 Å². The Morgan fingerprint density at radius 2 is 1.90 bits per heavy atom. The van der Waals surface area contributed by atoms with Crippen LogP contribution < -0.4 is 21.6 Å². The maximum atomic E-state index is 11.2. The number of carboxylic acid groups (broad SMARTS) is 1. The molecule has 0 radical (unpaired) electrons. The van der Waals surface area contributed by atoms with Gasteiger partial charge < -0.3 is 21.4 Å². The molecular weight excluding hydrogens is 435 g/mol. The molecule has 0 saturated heterocycles. The van der Waals surface area contributed by atoms with E-state index in [-0.39, 0.29) is 13.3 Å². The SMILES string of the molecule is C.NC(=O)CC1=CC2Cc3[nH+]c4cc(Cl)ccc4c(N)c3C(C1)C2.O=C([O-])C(F)(F)F. The smallest absolute Gasteiger partial charge is 0.430 e. The van der Waals surface area contributed by atoms with E-state index in [4.69, 9.17) is 33.0 Å². The van der Waals surface area contributed by atoms with Crippen molar-refractivity contribution in [2.45, 2.75) is 45.2 Å². The molecule has 2 atom stereocenters. The van der Waals surface area contributed by atoms with Gasteiger partial charge in [-0.25, -0.2) is 4.98 Å². The zero-order valence-corrected chi connectivity index (χ0v) is 16.4. The summed E-state index contributed by atoms with van der Waals surface area (Å²) in [6.07, 6.45) is 0.266. The highest BCUT2D eigenvalue weighted by molar-refractivity contribution is 6.31. The Kier molecular flexibility index (Phi) is 7.21. The van der Waals surface area contributed by atoms with Crippen LogP contribution in [-0.4, -0.2) is 18.1 Å². The third-order valence-corrected chi connectivity index (χ3v) is 5.48. The van der Waals surface area contributed by atoms with Gasteiger partial charge >= 0.3 is 6.18 Å². The Morgan fingerprint density at radius 3 is 2.48 bits per heavy atom. The first-order chi connectivity index (χ1) is 14.0. The molecule has 10 heteroatoms. The number of hydrogen-bond acceptors (Lipinski definition) is 4. The van der Waals surface area contributed by atoms with Gasteiger partial charge in [0.1, 0.15) is 5.97 Å². The van der Waals surface area contributed by atoms with Gasteiger partial charge in [-0.1, -0.05) is 30.7 Å². The van der Waals surface area contributed by atoms with Gasteiger partial charge in [0.25, 0.3) is 0 Å². The molecule has 0 spiro atoms. The van der Waals surface area contributed by atoms with Crippen LogP contribution in [0.3, 0.4) is 0 Å². The van der Waals surface area contributed by atoms with E-state index in [1.807, 2.05) is 18.2 Å². The Morgan fingerprint density at radius 1 is 1.26 bits per heavy atom. The topological polar surface area (TPSA) is 123 Å². The number of allylic oxidation sites excluding steroid dienone is 1. The van der Waals surface area contributed by atoms with E-state index in [1.54, 1.807) is 0 Å². The Bertz CT molecular complexity index is 1050. The fourth-order valence-corrected chi connectivity index (χ4v) is 4.41. The van der Waals surface area contributed by atoms with Crippen LogP contribution in [0.2, 0.25) is 5.02 Å². The number of H-pyrrole nitrogens is 1. The minimum absolute atomic E-state index is 0. The van der Waals surface area contributed by atoms with Gasteiger partial charge in [0.2, 0.25) is 11.4 Å². The Hall–Kier alpha value is -2.81. The summed E-state index contributed by atoms with van der Waals surface area (Å²) in [5, 5.41) is 10.5. The number of anilines is 1. The molecule has 6 nitrogen and oxygen atoms in total. The molecule has 1 heterocycles. The van der Waals surface area contributed by atoms with Crippen molar-refractivity contribution in [3.63, 3.8) is 0 Å². The summed E-state index contributed by atoms with van der Waals surface area (Å²) in [7, 11) is 0. The second-order valence-electron chi connectivity index (χ2n) is 7.47. The number of aliphatic carboxylic acids is 1. The van der Waals surface area contributed by atoms with Gasteiger partial charge in [0.05, 0.1) is 11.1 Å². The zero-order chi connectivity index (χ0) is 22.2. The number of fused-ring (bicyclic) bond motifs is 5. The maximum Gasteiger partial charge on any atom is 0.430 e. The van der Waals surface area contributed by atoms with E-state index >= 15 is 0 Å². The number of primary amides is 1. The van der Waals surface area contributed by atoms with Crippen LogP contribution >= 0.6 is 11.6 Å². The number of pyridine rings is 1. The van der Waals surface area contributed by atoms with Crippen LogP contribution in [0, 0.1) is 5.92 Å². The average Bonchev–Trinajstić information content (AvgIpc) is 2.60. The molecule has 2 aromatic rings. The van der Waals surface area contributed by atoms with Crippen molar-refractivity contribution in [3.05, 3.63) is 46.1 Å². The summed E-state index contributed by atoms with van der Waals surface area (Å²) < 4.78 is 31.5. The summed E-state index contributed by atoms with van der Waals surface area (Å²) in [5.74, 6) is -2.46. The first kappa shape index (κ1) is 24.5. The van der Waals surface area contributed by atoms with Crippen molar-refractivity contribution < 1.29 is 32.9 Å². The highest BCUT2D eigenvalue weighted by atomic mass is 35.5. The molecule has 0 aliphatic heterocycles. The monoisotopic (exact) mass is 457 g/mol. The number of aromatic nitrogens is 1. The van der Waals surface area contributed by atoms with Crippen molar-refractivity contribution in [1.29, 1.82) is 0 Å². The van der Waals surface area contributed by atoms with E-state index in [0.29, 0.717) is 23.3 Å². The van der Waals surface area contributed by atoms with Crippen molar-refractivity contribution in [1.82, 2.24) is 0 Å². The Labute approximate surface area is 182 Å². The summed E-state index contributed by atoms with van der Waals surface area (Å²) in [6.45, 7) is 0. The molecular formula is C21H23ClF3N3O3. The van der Waals surface area contributed by atoms with E-state index in [9.17, 15) is 18.0 Å². The third kappa shape index (κ3) is 5.46. The van der Waals surface area contributed by atoms with Crippen molar-refractivity contribution in [3.8, 4) is 0 Å². The van der Waals surface area contributed by atoms with Crippen LogP contribution in [-0.2, 0) is 16.0 Å². The summed E-state index contributed by atoms with van der Waals surface area (Å²) in [4.78, 5) is 23.6. The molecule has 1 aromatic carbocycles. The molecule has 0 fully saturated rings. The number of nitrogen functional groups attached to an aromatic ring is 1. The molecule has 2 unspecified atom stereocenters. The van der Waals surface area contributed by atoms with Crippen molar-refractivity contribution >= 4 is 40.1 Å². The number of nitrogens with one attached hydrogen (secondary N) is 1. The van der Waals surface area contributed by atoms with Crippen LogP contribution in [0.25, 0.3) is 10.9 Å². The zero-order valence-electron chi connectivity index (χ0n) is 15.7. The standard InChI is InChI=1S/C18H18ClN3O.C2HF3O2.CH4/c19-12-1-2-13-14(8-12)22-15-6-9-3-10(7-16(20)23)5-11(4-9)17(15)18(13)21;3-2(4,5)1(6)7;/h1-3,8-9,11H,4-7H2,(H2,20,23)(H2,21,22);(H,6,7);1H4.